The van der Waals surface area contributed by atoms with Gasteiger partial charge in [0.1, 0.15) is 6.04 Å². The number of hydrazine groups is 1. The van der Waals surface area contributed by atoms with Gasteiger partial charge in [-0.05, 0) is 80.8 Å². The zero-order valence-corrected chi connectivity index (χ0v) is 17.4. The SMILES string of the molecule is C[C@H](NC(=O)c1ccccc1Cl)C(=O)NNC(=O)CC12CC3CC(CC(C3)C1)C2. The summed E-state index contributed by atoms with van der Waals surface area (Å²) in [6, 6.07) is 5.84. The van der Waals surface area contributed by atoms with E-state index in [4.69, 9.17) is 11.6 Å². The van der Waals surface area contributed by atoms with Crippen molar-refractivity contribution in [2.45, 2.75) is 57.9 Å². The van der Waals surface area contributed by atoms with Crippen LogP contribution in [0.5, 0.6) is 0 Å². The maximum atomic E-state index is 12.5. The molecule has 1 aromatic rings. The molecule has 7 heteroatoms. The largest absolute Gasteiger partial charge is 0.340 e. The minimum absolute atomic E-state index is 0.119. The van der Waals surface area contributed by atoms with Crippen molar-refractivity contribution in [2.75, 3.05) is 0 Å². The number of carbonyl (C=O) groups is 3. The molecule has 4 aliphatic rings. The molecule has 0 heterocycles. The standard InChI is InChI=1S/C22H28ClN3O3/c1-13(24-21(29)17-4-2-3-5-18(17)23)20(28)26-25-19(27)12-22-9-14-6-15(10-22)8-16(7-14)11-22/h2-5,13-16H,6-12H2,1H3,(H,24,29)(H,25,27)(H,26,28)/t13-,14?,15?,16?,22?/m0/s1. The van der Waals surface area contributed by atoms with Gasteiger partial charge < -0.3 is 5.32 Å². The molecular weight excluding hydrogens is 390 g/mol. The van der Waals surface area contributed by atoms with Crippen molar-refractivity contribution in [1.29, 1.82) is 0 Å². The number of benzene rings is 1. The fraction of sp³-hybridized carbons (Fsp3) is 0.591. The predicted molar refractivity (Wildman–Crippen MR) is 110 cm³/mol. The second-order valence-corrected chi connectivity index (χ2v) is 9.71. The van der Waals surface area contributed by atoms with Gasteiger partial charge in [0.15, 0.2) is 0 Å². The van der Waals surface area contributed by atoms with E-state index in [-0.39, 0.29) is 11.3 Å². The number of hydrogen-bond acceptors (Lipinski definition) is 3. The third-order valence-electron chi connectivity index (χ3n) is 6.89. The van der Waals surface area contributed by atoms with E-state index in [1.54, 1.807) is 31.2 Å². The van der Waals surface area contributed by atoms with Gasteiger partial charge in [0.2, 0.25) is 5.91 Å². The number of rotatable bonds is 5. The number of hydrogen-bond donors (Lipinski definition) is 3. The van der Waals surface area contributed by atoms with Crippen molar-refractivity contribution in [1.82, 2.24) is 16.2 Å². The molecule has 0 spiro atoms. The summed E-state index contributed by atoms with van der Waals surface area (Å²) < 4.78 is 0. The molecule has 4 aliphatic carbocycles. The van der Waals surface area contributed by atoms with Crippen LogP contribution in [0.3, 0.4) is 0 Å². The Morgan fingerprint density at radius 2 is 1.62 bits per heavy atom. The summed E-state index contributed by atoms with van der Waals surface area (Å²) >= 11 is 6.01. The van der Waals surface area contributed by atoms with Gasteiger partial charge >= 0.3 is 0 Å². The predicted octanol–water partition coefficient (Wildman–Crippen LogP) is 3.21. The van der Waals surface area contributed by atoms with Crippen LogP contribution in [0.2, 0.25) is 5.02 Å². The summed E-state index contributed by atoms with van der Waals surface area (Å²) in [7, 11) is 0. The first kappa shape index (κ1) is 20.2. The number of nitrogens with one attached hydrogen (secondary N) is 3. The minimum Gasteiger partial charge on any atom is -0.340 e. The van der Waals surface area contributed by atoms with Gasteiger partial charge in [0.05, 0.1) is 10.6 Å². The highest BCUT2D eigenvalue weighted by atomic mass is 35.5. The van der Waals surface area contributed by atoms with Crippen molar-refractivity contribution in [3.05, 3.63) is 34.9 Å². The molecule has 6 nitrogen and oxygen atoms in total. The van der Waals surface area contributed by atoms with Gasteiger partial charge in [0.25, 0.3) is 11.8 Å². The Morgan fingerprint density at radius 3 is 2.21 bits per heavy atom. The molecule has 1 aromatic carbocycles. The van der Waals surface area contributed by atoms with Crippen LogP contribution in [0.25, 0.3) is 0 Å². The van der Waals surface area contributed by atoms with Crippen molar-refractivity contribution < 1.29 is 14.4 Å². The molecule has 4 bridgehead atoms. The Labute approximate surface area is 176 Å². The molecule has 29 heavy (non-hydrogen) atoms. The summed E-state index contributed by atoms with van der Waals surface area (Å²) in [6.45, 7) is 1.56. The number of amides is 3. The van der Waals surface area contributed by atoms with Gasteiger partial charge in [0, 0.05) is 6.42 Å². The maximum absolute atomic E-state index is 12.5. The van der Waals surface area contributed by atoms with Gasteiger partial charge in [-0.15, -0.1) is 0 Å². The van der Waals surface area contributed by atoms with Gasteiger partial charge in [-0.3, -0.25) is 25.2 Å². The van der Waals surface area contributed by atoms with E-state index in [0.717, 1.165) is 37.0 Å². The molecule has 1 atom stereocenters. The highest BCUT2D eigenvalue weighted by molar-refractivity contribution is 6.33. The van der Waals surface area contributed by atoms with Gasteiger partial charge in [-0.1, -0.05) is 23.7 Å². The first-order valence-electron chi connectivity index (χ1n) is 10.5. The van der Waals surface area contributed by atoms with E-state index in [9.17, 15) is 14.4 Å². The van der Waals surface area contributed by atoms with Crippen molar-refractivity contribution in [2.24, 2.45) is 23.2 Å². The van der Waals surface area contributed by atoms with Crippen LogP contribution in [-0.4, -0.2) is 23.8 Å². The molecule has 3 N–H and O–H groups in total. The molecule has 0 radical (unpaired) electrons. The lowest BCUT2D eigenvalue weighted by atomic mass is 9.49. The van der Waals surface area contributed by atoms with Crippen molar-refractivity contribution in [3.8, 4) is 0 Å². The molecule has 4 fully saturated rings. The Morgan fingerprint density at radius 1 is 1.03 bits per heavy atom. The highest BCUT2D eigenvalue weighted by Crippen LogP contribution is 2.61. The summed E-state index contributed by atoms with van der Waals surface area (Å²) in [5, 5.41) is 2.92. The monoisotopic (exact) mass is 417 g/mol. The van der Waals surface area contributed by atoms with Crippen LogP contribution in [0.15, 0.2) is 24.3 Å². The fourth-order valence-electron chi connectivity index (χ4n) is 6.12. The molecule has 4 saturated carbocycles. The molecule has 5 rings (SSSR count). The average molecular weight is 418 g/mol. The van der Waals surface area contributed by atoms with Crippen LogP contribution >= 0.6 is 11.6 Å². The fourth-order valence-corrected chi connectivity index (χ4v) is 6.34. The van der Waals surface area contributed by atoms with E-state index >= 15 is 0 Å². The highest BCUT2D eigenvalue weighted by Gasteiger charge is 2.51. The van der Waals surface area contributed by atoms with Crippen molar-refractivity contribution >= 4 is 29.3 Å². The molecule has 0 unspecified atom stereocenters. The molecular formula is C22H28ClN3O3. The molecule has 0 aliphatic heterocycles. The Kier molecular flexibility index (Phi) is 5.56. The number of halogens is 1. The second-order valence-electron chi connectivity index (χ2n) is 9.31. The average Bonchev–Trinajstić information content (AvgIpc) is 2.64. The van der Waals surface area contributed by atoms with Crippen molar-refractivity contribution in [3.63, 3.8) is 0 Å². The Bertz CT molecular complexity index is 790. The lowest BCUT2D eigenvalue weighted by Crippen LogP contribution is -2.53. The third-order valence-corrected chi connectivity index (χ3v) is 7.21. The quantitative estimate of drug-likeness (QED) is 0.643. The Balaban J connectivity index is 1.25. The van der Waals surface area contributed by atoms with Crippen LogP contribution in [0.1, 0.15) is 62.2 Å². The zero-order valence-electron chi connectivity index (χ0n) is 16.7. The van der Waals surface area contributed by atoms with Crippen LogP contribution in [0, 0.1) is 23.2 Å². The minimum atomic E-state index is -0.807. The normalized spacial score (nSPS) is 30.5. The van der Waals surface area contributed by atoms with Crippen LogP contribution in [0.4, 0.5) is 0 Å². The lowest BCUT2D eigenvalue weighted by molar-refractivity contribution is -0.134. The van der Waals surface area contributed by atoms with Crippen LogP contribution < -0.4 is 16.2 Å². The molecule has 3 amide bonds. The molecule has 0 aromatic heterocycles. The van der Waals surface area contributed by atoms with Crippen LogP contribution in [-0.2, 0) is 9.59 Å². The summed E-state index contributed by atoms with van der Waals surface area (Å²) in [5.74, 6) is 1.29. The topological polar surface area (TPSA) is 87.3 Å². The summed E-state index contributed by atoms with van der Waals surface area (Å²) in [6.07, 6.45) is 7.90. The molecule has 0 saturated heterocycles. The van der Waals surface area contributed by atoms with Gasteiger partial charge in [-0.2, -0.15) is 0 Å². The third kappa shape index (κ3) is 4.42. The maximum Gasteiger partial charge on any atom is 0.260 e. The van der Waals surface area contributed by atoms with E-state index < -0.39 is 17.9 Å². The smallest absolute Gasteiger partial charge is 0.260 e. The van der Waals surface area contributed by atoms with E-state index in [2.05, 4.69) is 16.2 Å². The summed E-state index contributed by atoms with van der Waals surface area (Å²) in [5.41, 5.74) is 5.42. The van der Waals surface area contributed by atoms with E-state index in [1.807, 2.05) is 0 Å². The zero-order chi connectivity index (χ0) is 20.6. The number of carbonyl (C=O) groups excluding carboxylic acids is 3. The second kappa shape index (κ2) is 7.98. The lowest BCUT2D eigenvalue weighted by Gasteiger charge is -2.56. The van der Waals surface area contributed by atoms with E-state index in [0.29, 0.717) is 17.0 Å². The molecule has 156 valence electrons. The first-order valence-corrected chi connectivity index (χ1v) is 10.9. The van der Waals surface area contributed by atoms with Gasteiger partial charge in [-0.25, -0.2) is 0 Å². The Hall–Kier alpha value is -2.08. The summed E-state index contributed by atoms with van der Waals surface area (Å²) in [4.78, 5) is 37.1. The first-order chi connectivity index (χ1) is 13.8. The van der Waals surface area contributed by atoms with E-state index in [1.165, 1.54) is 19.3 Å².